The average molecular weight is 406 g/mol. The molecule has 2 heterocycles. The maximum atomic E-state index is 12.7. The second-order valence-corrected chi connectivity index (χ2v) is 6.73. The topological polar surface area (TPSA) is 87.0 Å². The summed E-state index contributed by atoms with van der Waals surface area (Å²) in [4.78, 5) is 17.5. The number of anilines is 1. The number of hydrogen-bond donors (Lipinski definition) is 1. The molecule has 1 aromatic heterocycles. The fraction of sp³-hybridized carbons (Fsp3) is 0.227. The van der Waals surface area contributed by atoms with E-state index in [9.17, 15) is 4.79 Å². The number of carbonyl (C=O) groups is 1. The van der Waals surface area contributed by atoms with Crippen LogP contribution in [0, 0.1) is 6.92 Å². The molecule has 2 aromatic carbocycles. The number of methoxy groups -OCH3 is 3. The van der Waals surface area contributed by atoms with Crippen LogP contribution in [0.25, 0.3) is 5.69 Å². The number of para-hydroxylation sites is 1. The molecule has 1 aliphatic heterocycles. The summed E-state index contributed by atoms with van der Waals surface area (Å²) in [7, 11) is 4.65. The van der Waals surface area contributed by atoms with Gasteiger partial charge in [0.15, 0.2) is 17.3 Å². The molecule has 154 valence electrons. The van der Waals surface area contributed by atoms with Gasteiger partial charge < -0.3 is 19.5 Å². The molecule has 0 atom stereocenters. The van der Waals surface area contributed by atoms with Crippen molar-refractivity contribution in [2.75, 3.05) is 26.6 Å². The first-order valence-corrected chi connectivity index (χ1v) is 9.38. The molecule has 8 heteroatoms. The molecule has 4 rings (SSSR count). The summed E-state index contributed by atoms with van der Waals surface area (Å²) < 4.78 is 18.0. The van der Waals surface area contributed by atoms with Gasteiger partial charge in [0.2, 0.25) is 11.7 Å². The zero-order valence-electron chi connectivity index (χ0n) is 17.2. The highest BCUT2D eigenvalue weighted by molar-refractivity contribution is 6.17. The molecule has 0 saturated carbocycles. The highest BCUT2D eigenvalue weighted by Crippen LogP contribution is 2.40. The van der Waals surface area contributed by atoms with Crippen LogP contribution in [0.1, 0.15) is 17.7 Å². The summed E-state index contributed by atoms with van der Waals surface area (Å²) >= 11 is 0. The van der Waals surface area contributed by atoms with Crippen LogP contribution in [-0.4, -0.2) is 42.7 Å². The Morgan fingerprint density at radius 1 is 1.00 bits per heavy atom. The minimum Gasteiger partial charge on any atom is -0.493 e. The Labute approximate surface area is 174 Å². The van der Waals surface area contributed by atoms with Crippen molar-refractivity contribution in [1.82, 2.24) is 9.78 Å². The number of carbonyl (C=O) groups excluding carboxylic acids is 1. The summed E-state index contributed by atoms with van der Waals surface area (Å²) in [5, 5.41) is 7.54. The Morgan fingerprint density at radius 3 is 2.27 bits per heavy atom. The van der Waals surface area contributed by atoms with Gasteiger partial charge in [-0.3, -0.25) is 4.79 Å². The Morgan fingerprint density at radius 2 is 1.67 bits per heavy atom. The van der Waals surface area contributed by atoms with Crippen LogP contribution in [-0.2, 0) is 4.79 Å². The molecule has 1 N–H and O–H groups in total. The molecule has 0 radical (unpaired) electrons. The summed E-state index contributed by atoms with van der Waals surface area (Å²) in [6, 6.07) is 13.2. The first kappa shape index (κ1) is 19.5. The van der Waals surface area contributed by atoms with E-state index in [1.54, 1.807) is 38.1 Å². The van der Waals surface area contributed by atoms with E-state index in [0.29, 0.717) is 45.7 Å². The molecule has 3 aromatic rings. The number of rotatable bonds is 5. The van der Waals surface area contributed by atoms with Gasteiger partial charge in [0.1, 0.15) is 5.69 Å². The third-order valence-corrected chi connectivity index (χ3v) is 4.86. The van der Waals surface area contributed by atoms with Crippen molar-refractivity contribution in [2.45, 2.75) is 13.3 Å². The lowest BCUT2D eigenvalue weighted by Gasteiger charge is -2.14. The van der Waals surface area contributed by atoms with Gasteiger partial charge in [-0.25, -0.2) is 9.67 Å². The zero-order chi connectivity index (χ0) is 21.3. The van der Waals surface area contributed by atoms with Gasteiger partial charge in [-0.2, -0.15) is 5.10 Å². The number of amides is 1. The van der Waals surface area contributed by atoms with Crippen LogP contribution in [0.5, 0.6) is 17.2 Å². The second kappa shape index (κ2) is 7.90. The Bertz CT molecular complexity index is 1110. The van der Waals surface area contributed by atoms with Crippen LogP contribution in [0.2, 0.25) is 0 Å². The third kappa shape index (κ3) is 3.36. The number of ether oxygens (including phenoxy) is 3. The van der Waals surface area contributed by atoms with Crippen molar-refractivity contribution in [3.63, 3.8) is 0 Å². The highest BCUT2D eigenvalue weighted by atomic mass is 16.5. The summed E-state index contributed by atoms with van der Waals surface area (Å²) in [5.74, 6) is 1.84. The van der Waals surface area contributed by atoms with Crippen molar-refractivity contribution in [2.24, 2.45) is 4.99 Å². The number of aliphatic imine (C=N–C) groups is 1. The molecular weight excluding hydrogens is 384 g/mol. The van der Waals surface area contributed by atoms with Crippen LogP contribution in [0.3, 0.4) is 0 Å². The molecule has 8 nitrogen and oxygen atoms in total. The monoisotopic (exact) mass is 406 g/mol. The summed E-state index contributed by atoms with van der Waals surface area (Å²) in [6.07, 6.45) is 0.0988. The van der Waals surface area contributed by atoms with Gasteiger partial charge in [0, 0.05) is 5.56 Å². The number of aryl methyl sites for hydroxylation is 1. The zero-order valence-corrected chi connectivity index (χ0v) is 17.2. The minimum absolute atomic E-state index is 0.0988. The van der Waals surface area contributed by atoms with Gasteiger partial charge in [-0.05, 0) is 31.2 Å². The molecule has 30 heavy (non-hydrogen) atoms. The number of aromatic nitrogens is 2. The Hall–Kier alpha value is -3.81. The van der Waals surface area contributed by atoms with E-state index in [-0.39, 0.29) is 12.3 Å². The van der Waals surface area contributed by atoms with Gasteiger partial charge in [0.05, 0.1) is 44.8 Å². The largest absolute Gasteiger partial charge is 0.493 e. The molecule has 0 saturated heterocycles. The first-order valence-electron chi connectivity index (χ1n) is 9.38. The quantitative estimate of drug-likeness (QED) is 0.699. The van der Waals surface area contributed by atoms with Crippen LogP contribution >= 0.6 is 0 Å². The lowest BCUT2D eigenvalue weighted by Crippen LogP contribution is -2.17. The molecular formula is C22H22N4O4. The maximum absolute atomic E-state index is 12.7. The molecule has 1 aliphatic rings. The number of benzene rings is 2. The predicted octanol–water partition coefficient (Wildman–Crippen LogP) is 3.67. The fourth-order valence-corrected chi connectivity index (χ4v) is 3.44. The molecule has 0 bridgehead atoms. The van der Waals surface area contributed by atoms with Crippen LogP contribution in [0.15, 0.2) is 47.5 Å². The lowest BCUT2D eigenvalue weighted by atomic mass is 10.1. The molecule has 0 aliphatic carbocycles. The summed E-state index contributed by atoms with van der Waals surface area (Å²) in [6.45, 7) is 1.87. The van der Waals surface area contributed by atoms with E-state index in [1.807, 2.05) is 37.3 Å². The van der Waals surface area contributed by atoms with Crippen LogP contribution in [0.4, 0.5) is 11.5 Å². The van der Waals surface area contributed by atoms with E-state index in [1.165, 1.54) is 0 Å². The van der Waals surface area contributed by atoms with Crippen molar-refractivity contribution in [3.05, 3.63) is 53.7 Å². The molecule has 1 amide bonds. The highest BCUT2D eigenvalue weighted by Gasteiger charge is 2.25. The molecule has 0 unspecified atom stereocenters. The lowest BCUT2D eigenvalue weighted by molar-refractivity contribution is -0.115. The third-order valence-electron chi connectivity index (χ3n) is 4.86. The average Bonchev–Trinajstić information content (AvgIpc) is 2.95. The second-order valence-electron chi connectivity index (χ2n) is 6.73. The molecule has 0 spiro atoms. The summed E-state index contributed by atoms with van der Waals surface area (Å²) in [5.41, 5.74) is 3.46. The normalized spacial score (nSPS) is 13.1. The van der Waals surface area contributed by atoms with Gasteiger partial charge in [0.25, 0.3) is 0 Å². The number of fused-ring (bicyclic) bond motifs is 1. The SMILES string of the molecule is COc1cc(C2=Nc3c(C)nn(-c4ccccc4)c3NC(=O)C2)cc(OC)c1OC. The van der Waals surface area contributed by atoms with E-state index >= 15 is 0 Å². The van der Waals surface area contributed by atoms with E-state index < -0.39 is 0 Å². The van der Waals surface area contributed by atoms with E-state index in [0.717, 1.165) is 5.69 Å². The van der Waals surface area contributed by atoms with Crippen LogP contribution < -0.4 is 19.5 Å². The minimum atomic E-state index is -0.182. The van der Waals surface area contributed by atoms with Gasteiger partial charge in [-0.15, -0.1) is 0 Å². The first-order chi connectivity index (χ1) is 14.5. The van der Waals surface area contributed by atoms with Crippen molar-refractivity contribution in [3.8, 4) is 22.9 Å². The molecule has 0 fully saturated rings. The standard InChI is InChI=1S/C22H22N4O4/c1-13-20-22(26(25-13)15-8-6-5-7-9-15)24-19(27)12-16(23-20)14-10-17(28-2)21(30-4)18(11-14)29-3/h5-11H,12H2,1-4H3,(H,24,27). The smallest absolute Gasteiger partial charge is 0.231 e. The van der Waals surface area contributed by atoms with Crippen molar-refractivity contribution in [1.29, 1.82) is 0 Å². The number of hydrogen-bond acceptors (Lipinski definition) is 6. The predicted molar refractivity (Wildman–Crippen MR) is 114 cm³/mol. The van der Waals surface area contributed by atoms with E-state index in [4.69, 9.17) is 19.2 Å². The number of nitrogens with one attached hydrogen (secondary N) is 1. The van der Waals surface area contributed by atoms with Gasteiger partial charge >= 0.3 is 0 Å². The van der Waals surface area contributed by atoms with Crippen molar-refractivity contribution >= 4 is 23.1 Å². The number of nitrogens with zero attached hydrogens (tertiary/aromatic N) is 3. The Balaban J connectivity index is 1.87. The van der Waals surface area contributed by atoms with Crippen molar-refractivity contribution < 1.29 is 19.0 Å². The fourth-order valence-electron chi connectivity index (χ4n) is 3.44. The maximum Gasteiger partial charge on any atom is 0.231 e. The van der Waals surface area contributed by atoms with E-state index in [2.05, 4.69) is 10.4 Å². The Kier molecular flexibility index (Phi) is 5.14. The van der Waals surface area contributed by atoms with Gasteiger partial charge in [-0.1, -0.05) is 18.2 Å².